The third kappa shape index (κ3) is 2.94. The minimum absolute atomic E-state index is 0.386. The normalized spacial score (nSPS) is 38.4. The molecule has 2 fully saturated rings. The molecule has 0 aromatic rings. The van der Waals surface area contributed by atoms with Crippen LogP contribution in [-0.4, -0.2) is 36.2 Å². The van der Waals surface area contributed by atoms with Crippen LogP contribution in [0.2, 0.25) is 0 Å². The van der Waals surface area contributed by atoms with Crippen molar-refractivity contribution in [2.24, 2.45) is 17.8 Å². The molecule has 1 aliphatic heterocycles. The Morgan fingerprint density at radius 3 is 2.67 bits per heavy atom. The van der Waals surface area contributed by atoms with Gasteiger partial charge in [-0.15, -0.1) is 0 Å². The molecule has 0 radical (unpaired) electrons. The summed E-state index contributed by atoms with van der Waals surface area (Å²) >= 11 is 0. The predicted molar refractivity (Wildman–Crippen MR) is 62.8 cm³/mol. The number of hydrogen-bond donors (Lipinski definition) is 1. The summed E-state index contributed by atoms with van der Waals surface area (Å²) in [6.45, 7) is 6.45. The monoisotopic (exact) mass is 211 g/mol. The van der Waals surface area contributed by atoms with E-state index in [1.807, 2.05) is 0 Å². The Hall–Kier alpha value is -0.0800. The lowest BCUT2D eigenvalue weighted by molar-refractivity contribution is 0.168. The molecular weight excluding hydrogens is 186 g/mol. The first kappa shape index (κ1) is 11.4. The summed E-state index contributed by atoms with van der Waals surface area (Å²) < 4.78 is 0. The van der Waals surface area contributed by atoms with Gasteiger partial charge in [-0.2, -0.15) is 0 Å². The Bertz CT molecular complexity index is 195. The molecule has 2 rings (SSSR count). The van der Waals surface area contributed by atoms with Crippen LogP contribution in [-0.2, 0) is 0 Å². The molecular formula is C13H25NO. The van der Waals surface area contributed by atoms with Gasteiger partial charge in [-0.25, -0.2) is 0 Å². The lowest BCUT2D eigenvalue weighted by Crippen LogP contribution is -2.32. The highest BCUT2D eigenvalue weighted by atomic mass is 16.3. The minimum atomic E-state index is 0.386. The van der Waals surface area contributed by atoms with Gasteiger partial charge in [0.1, 0.15) is 0 Å². The van der Waals surface area contributed by atoms with Gasteiger partial charge in [-0.05, 0) is 37.1 Å². The Labute approximate surface area is 93.7 Å². The van der Waals surface area contributed by atoms with Crippen LogP contribution in [0.5, 0.6) is 0 Å². The molecule has 2 heteroatoms. The number of aliphatic hydroxyl groups is 1. The largest absolute Gasteiger partial charge is 0.396 e. The van der Waals surface area contributed by atoms with Crippen molar-refractivity contribution < 1.29 is 5.11 Å². The highest BCUT2D eigenvalue weighted by Gasteiger charge is 2.27. The number of rotatable bonds is 3. The van der Waals surface area contributed by atoms with Gasteiger partial charge in [-0.3, -0.25) is 0 Å². The summed E-state index contributed by atoms with van der Waals surface area (Å²) in [6, 6.07) is 0. The maximum absolute atomic E-state index is 9.11. The van der Waals surface area contributed by atoms with Gasteiger partial charge in [-0.1, -0.05) is 26.2 Å². The summed E-state index contributed by atoms with van der Waals surface area (Å²) in [4.78, 5) is 2.58. The zero-order chi connectivity index (χ0) is 10.7. The van der Waals surface area contributed by atoms with E-state index in [9.17, 15) is 0 Å². The molecule has 1 N–H and O–H groups in total. The second-order valence-corrected chi connectivity index (χ2v) is 5.62. The van der Waals surface area contributed by atoms with E-state index < -0.39 is 0 Å². The van der Waals surface area contributed by atoms with Gasteiger partial charge < -0.3 is 10.0 Å². The first-order chi connectivity index (χ1) is 7.29. The topological polar surface area (TPSA) is 23.5 Å². The van der Waals surface area contributed by atoms with E-state index in [4.69, 9.17) is 5.11 Å². The van der Waals surface area contributed by atoms with Crippen molar-refractivity contribution >= 4 is 0 Å². The lowest BCUT2D eigenvalue weighted by Gasteiger charge is -2.32. The van der Waals surface area contributed by atoms with E-state index in [0.29, 0.717) is 12.5 Å². The second kappa shape index (κ2) is 5.31. The highest BCUT2D eigenvalue weighted by molar-refractivity contribution is 4.80. The van der Waals surface area contributed by atoms with Crippen molar-refractivity contribution in [2.45, 2.75) is 39.0 Å². The predicted octanol–water partition coefficient (Wildman–Crippen LogP) is 2.13. The van der Waals surface area contributed by atoms with E-state index >= 15 is 0 Å². The Morgan fingerprint density at radius 1 is 1.20 bits per heavy atom. The third-order valence-corrected chi connectivity index (χ3v) is 4.41. The summed E-state index contributed by atoms with van der Waals surface area (Å²) in [5, 5.41) is 9.11. The van der Waals surface area contributed by atoms with E-state index in [-0.39, 0.29) is 0 Å². The fourth-order valence-electron chi connectivity index (χ4n) is 3.22. The molecule has 0 aromatic heterocycles. The standard InChI is InChI=1S/C13H25NO/c1-11-4-2-3-5-13(11)9-14-7-6-12(8-14)10-15/h11-13,15H,2-10H2,1H3. The molecule has 2 nitrogen and oxygen atoms in total. The maximum Gasteiger partial charge on any atom is 0.0471 e. The summed E-state index contributed by atoms with van der Waals surface area (Å²) in [7, 11) is 0. The Morgan fingerprint density at radius 2 is 2.00 bits per heavy atom. The van der Waals surface area contributed by atoms with Crippen molar-refractivity contribution in [1.82, 2.24) is 4.90 Å². The van der Waals surface area contributed by atoms with Gasteiger partial charge in [0.05, 0.1) is 0 Å². The lowest BCUT2D eigenvalue weighted by atomic mass is 9.80. The summed E-state index contributed by atoms with van der Waals surface area (Å²) in [5.41, 5.74) is 0. The van der Waals surface area contributed by atoms with Crippen molar-refractivity contribution in [3.8, 4) is 0 Å². The van der Waals surface area contributed by atoms with Crippen LogP contribution in [0.1, 0.15) is 39.0 Å². The number of nitrogens with zero attached hydrogens (tertiary/aromatic N) is 1. The molecule has 0 bridgehead atoms. The fourth-order valence-corrected chi connectivity index (χ4v) is 3.22. The average Bonchev–Trinajstić information content (AvgIpc) is 2.69. The quantitative estimate of drug-likeness (QED) is 0.773. The average molecular weight is 211 g/mol. The molecule has 2 aliphatic rings. The molecule has 0 amide bonds. The molecule has 1 heterocycles. The molecule has 0 spiro atoms. The van der Waals surface area contributed by atoms with E-state index in [1.165, 1.54) is 45.2 Å². The first-order valence-electron chi connectivity index (χ1n) is 6.63. The molecule has 1 saturated heterocycles. The second-order valence-electron chi connectivity index (χ2n) is 5.62. The van der Waals surface area contributed by atoms with Crippen LogP contribution < -0.4 is 0 Å². The molecule has 1 aliphatic carbocycles. The number of hydrogen-bond acceptors (Lipinski definition) is 2. The van der Waals surface area contributed by atoms with Gasteiger partial charge in [0, 0.05) is 19.7 Å². The van der Waals surface area contributed by atoms with Gasteiger partial charge in [0.15, 0.2) is 0 Å². The highest BCUT2D eigenvalue weighted by Crippen LogP contribution is 2.31. The van der Waals surface area contributed by atoms with Crippen LogP contribution in [0.15, 0.2) is 0 Å². The Kier molecular flexibility index (Phi) is 4.04. The van der Waals surface area contributed by atoms with E-state index in [1.54, 1.807) is 0 Å². The number of likely N-dealkylation sites (tertiary alicyclic amines) is 1. The van der Waals surface area contributed by atoms with Gasteiger partial charge in [0.25, 0.3) is 0 Å². The SMILES string of the molecule is CC1CCCCC1CN1CCC(CO)C1. The van der Waals surface area contributed by atoms with E-state index in [0.717, 1.165) is 18.4 Å². The van der Waals surface area contributed by atoms with Crippen molar-refractivity contribution in [3.63, 3.8) is 0 Å². The van der Waals surface area contributed by atoms with Crippen LogP contribution in [0.3, 0.4) is 0 Å². The smallest absolute Gasteiger partial charge is 0.0471 e. The number of aliphatic hydroxyl groups excluding tert-OH is 1. The summed E-state index contributed by atoms with van der Waals surface area (Å²) in [5.74, 6) is 2.41. The van der Waals surface area contributed by atoms with E-state index in [2.05, 4.69) is 11.8 Å². The zero-order valence-corrected chi connectivity index (χ0v) is 9.99. The molecule has 1 saturated carbocycles. The molecule has 0 aromatic carbocycles. The minimum Gasteiger partial charge on any atom is -0.396 e. The van der Waals surface area contributed by atoms with Crippen LogP contribution in [0, 0.1) is 17.8 Å². The first-order valence-corrected chi connectivity index (χ1v) is 6.63. The van der Waals surface area contributed by atoms with Gasteiger partial charge >= 0.3 is 0 Å². The molecule has 15 heavy (non-hydrogen) atoms. The third-order valence-electron chi connectivity index (χ3n) is 4.41. The van der Waals surface area contributed by atoms with Crippen molar-refractivity contribution in [3.05, 3.63) is 0 Å². The van der Waals surface area contributed by atoms with Gasteiger partial charge in [0.2, 0.25) is 0 Å². The summed E-state index contributed by atoms with van der Waals surface area (Å²) in [6.07, 6.45) is 6.95. The van der Waals surface area contributed by atoms with Crippen LogP contribution in [0.25, 0.3) is 0 Å². The van der Waals surface area contributed by atoms with Crippen LogP contribution >= 0.6 is 0 Å². The van der Waals surface area contributed by atoms with Crippen molar-refractivity contribution in [1.29, 1.82) is 0 Å². The zero-order valence-electron chi connectivity index (χ0n) is 9.99. The fraction of sp³-hybridized carbons (Fsp3) is 1.00. The van der Waals surface area contributed by atoms with Crippen LogP contribution in [0.4, 0.5) is 0 Å². The maximum atomic E-state index is 9.11. The molecule has 3 unspecified atom stereocenters. The Balaban J connectivity index is 1.76. The molecule has 88 valence electrons. The van der Waals surface area contributed by atoms with Crippen molar-refractivity contribution in [2.75, 3.05) is 26.2 Å². The molecule has 3 atom stereocenters.